The Morgan fingerprint density at radius 2 is 1.65 bits per heavy atom. The van der Waals surface area contributed by atoms with Crippen molar-refractivity contribution in [2.45, 2.75) is 64.5 Å². The van der Waals surface area contributed by atoms with Gasteiger partial charge in [0.15, 0.2) is 0 Å². The third-order valence-electron chi connectivity index (χ3n) is 6.48. The van der Waals surface area contributed by atoms with Gasteiger partial charge in [-0.15, -0.1) is 0 Å². The lowest BCUT2D eigenvalue weighted by atomic mass is 9.54. The third-order valence-corrected chi connectivity index (χ3v) is 6.48. The summed E-state index contributed by atoms with van der Waals surface area (Å²) < 4.78 is 4.84. The van der Waals surface area contributed by atoms with E-state index in [-0.39, 0.29) is 24.0 Å². The second-order valence-electron chi connectivity index (χ2n) is 7.96. The van der Waals surface area contributed by atoms with E-state index < -0.39 is 6.04 Å². The number of methoxy groups -OCH3 is 1. The Kier molecular flexibility index (Phi) is 4.83. The zero-order valence-electron chi connectivity index (χ0n) is 14.5. The first-order chi connectivity index (χ1) is 11.0. The van der Waals surface area contributed by atoms with E-state index in [4.69, 9.17) is 4.74 Å². The summed E-state index contributed by atoms with van der Waals surface area (Å²) in [6.07, 6.45) is 7.30. The van der Waals surface area contributed by atoms with Gasteiger partial charge in [-0.05, 0) is 61.7 Å². The van der Waals surface area contributed by atoms with Crippen molar-refractivity contribution >= 4 is 12.0 Å². The zero-order chi connectivity index (χ0) is 16.6. The molecule has 4 aliphatic rings. The van der Waals surface area contributed by atoms with Gasteiger partial charge >= 0.3 is 12.0 Å². The highest BCUT2D eigenvalue weighted by Crippen LogP contribution is 2.53. The number of hydrogen-bond acceptors (Lipinski definition) is 3. The smallest absolute Gasteiger partial charge is 0.328 e. The fraction of sp³-hybridized carbons (Fsp3) is 0.889. The van der Waals surface area contributed by atoms with E-state index in [1.54, 1.807) is 0 Å². The van der Waals surface area contributed by atoms with E-state index in [1.165, 1.54) is 39.2 Å². The van der Waals surface area contributed by atoms with Crippen molar-refractivity contribution in [3.05, 3.63) is 0 Å². The minimum absolute atomic E-state index is 0.0618. The second-order valence-corrected chi connectivity index (χ2v) is 7.96. The van der Waals surface area contributed by atoms with Crippen molar-refractivity contribution in [2.24, 2.45) is 29.6 Å². The molecule has 130 valence electrons. The van der Waals surface area contributed by atoms with Gasteiger partial charge in [0.25, 0.3) is 0 Å². The van der Waals surface area contributed by atoms with Crippen LogP contribution in [0, 0.1) is 29.6 Å². The number of rotatable bonds is 5. The van der Waals surface area contributed by atoms with Crippen molar-refractivity contribution in [1.29, 1.82) is 0 Å². The highest BCUT2D eigenvalue weighted by Gasteiger charge is 2.48. The number of amides is 2. The summed E-state index contributed by atoms with van der Waals surface area (Å²) in [4.78, 5) is 24.4. The molecule has 0 aliphatic heterocycles. The molecular formula is C18H30N2O3. The summed E-state index contributed by atoms with van der Waals surface area (Å²) in [6, 6.07) is -0.488. The van der Waals surface area contributed by atoms with Crippen molar-refractivity contribution in [2.75, 3.05) is 7.11 Å². The predicted molar refractivity (Wildman–Crippen MR) is 87.8 cm³/mol. The highest BCUT2D eigenvalue weighted by atomic mass is 16.5. The van der Waals surface area contributed by atoms with Crippen LogP contribution in [0.4, 0.5) is 4.79 Å². The van der Waals surface area contributed by atoms with Crippen LogP contribution in [0.5, 0.6) is 0 Å². The summed E-state index contributed by atoms with van der Waals surface area (Å²) in [6.45, 7) is 3.97. The van der Waals surface area contributed by atoms with Gasteiger partial charge in [-0.2, -0.15) is 0 Å². The summed E-state index contributed by atoms with van der Waals surface area (Å²) in [5.41, 5.74) is 0. The van der Waals surface area contributed by atoms with Crippen molar-refractivity contribution in [3.8, 4) is 0 Å². The van der Waals surface area contributed by atoms with Crippen LogP contribution in [0.25, 0.3) is 0 Å². The molecule has 2 N–H and O–H groups in total. The summed E-state index contributed by atoms with van der Waals surface area (Å²) in [7, 11) is 1.37. The lowest BCUT2D eigenvalue weighted by Crippen LogP contribution is -2.59. The Morgan fingerprint density at radius 1 is 1.09 bits per heavy atom. The predicted octanol–water partition coefficient (Wildman–Crippen LogP) is 2.70. The highest BCUT2D eigenvalue weighted by molar-refractivity contribution is 5.83. The first kappa shape index (κ1) is 16.6. The summed E-state index contributed by atoms with van der Waals surface area (Å²) in [5, 5.41) is 6.05. The standard InChI is InChI=1S/C18H30N2O3/c1-4-10(2)15(17(21)23-3)19-18(22)20-16-13-6-11-5-12(8-13)9-14(16)7-11/h10-16H,4-9H2,1-3H3,(H2,19,20,22)/t10-,11?,12?,13?,14?,15-,16?/m0/s1. The van der Waals surface area contributed by atoms with Gasteiger partial charge in [0.05, 0.1) is 7.11 Å². The lowest BCUT2D eigenvalue weighted by molar-refractivity contribution is -0.144. The molecule has 2 atom stereocenters. The minimum atomic E-state index is -0.568. The number of ether oxygens (including phenoxy) is 1. The van der Waals surface area contributed by atoms with Gasteiger partial charge in [0.1, 0.15) is 6.04 Å². The van der Waals surface area contributed by atoms with E-state index in [2.05, 4.69) is 10.6 Å². The van der Waals surface area contributed by atoms with Crippen LogP contribution in [0.3, 0.4) is 0 Å². The zero-order valence-corrected chi connectivity index (χ0v) is 14.5. The van der Waals surface area contributed by atoms with E-state index in [1.807, 2.05) is 13.8 Å². The molecule has 4 bridgehead atoms. The number of nitrogens with one attached hydrogen (secondary N) is 2. The first-order valence-electron chi connectivity index (χ1n) is 9.16. The van der Waals surface area contributed by atoms with Crippen molar-refractivity contribution < 1.29 is 14.3 Å². The first-order valence-corrected chi connectivity index (χ1v) is 9.16. The molecule has 23 heavy (non-hydrogen) atoms. The number of esters is 1. The van der Waals surface area contributed by atoms with E-state index in [0.29, 0.717) is 11.8 Å². The Bertz CT molecular complexity index is 437. The molecule has 4 rings (SSSR count). The van der Waals surface area contributed by atoms with Gasteiger partial charge in [0.2, 0.25) is 0 Å². The quantitative estimate of drug-likeness (QED) is 0.765. The Morgan fingerprint density at radius 3 is 2.13 bits per heavy atom. The van der Waals surface area contributed by atoms with Crippen molar-refractivity contribution in [1.82, 2.24) is 10.6 Å². The molecule has 2 amide bonds. The second kappa shape index (κ2) is 6.70. The molecule has 5 nitrogen and oxygen atoms in total. The normalized spacial score (nSPS) is 37.1. The largest absolute Gasteiger partial charge is 0.467 e. The number of urea groups is 1. The van der Waals surface area contributed by atoms with Gasteiger partial charge in [-0.1, -0.05) is 20.3 Å². The number of hydrogen-bond donors (Lipinski definition) is 2. The van der Waals surface area contributed by atoms with Gasteiger partial charge in [-0.3, -0.25) is 0 Å². The van der Waals surface area contributed by atoms with Gasteiger partial charge < -0.3 is 15.4 Å². The molecule has 0 heterocycles. The van der Waals surface area contributed by atoms with Crippen molar-refractivity contribution in [3.63, 3.8) is 0 Å². The average molecular weight is 322 g/mol. The molecule has 0 spiro atoms. The molecule has 0 aromatic rings. The van der Waals surface area contributed by atoms with Crippen LogP contribution < -0.4 is 10.6 Å². The fourth-order valence-corrected chi connectivity index (χ4v) is 5.29. The van der Waals surface area contributed by atoms with E-state index in [0.717, 1.165) is 18.3 Å². The Labute approximate surface area is 138 Å². The van der Waals surface area contributed by atoms with E-state index >= 15 is 0 Å². The van der Waals surface area contributed by atoms with Crippen LogP contribution in [-0.4, -0.2) is 31.2 Å². The molecule has 4 fully saturated rings. The fourth-order valence-electron chi connectivity index (χ4n) is 5.29. The molecule has 0 unspecified atom stereocenters. The molecule has 0 aromatic carbocycles. The molecule has 0 aromatic heterocycles. The Hall–Kier alpha value is -1.26. The lowest BCUT2D eigenvalue weighted by Gasteiger charge is -2.54. The van der Waals surface area contributed by atoms with Gasteiger partial charge in [-0.25, -0.2) is 9.59 Å². The van der Waals surface area contributed by atoms with Gasteiger partial charge in [0, 0.05) is 6.04 Å². The maximum absolute atomic E-state index is 12.5. The minimum Gasteiger partial charge on any atom is -0.467 e. The van der Waals surface area contributed by atoms with Crippen LogP contribution in [0.15, 0.2) is 0 Å². The van der Waals surface area contributed by atoms with Crippen LogP contribution in [-0.2, 0) is 9.53 Å². The SMILES string of the molecule is CC[C@H](C)[C@H](NC(=O)NC1C2CC3CC(C2)CC1C3)C(=O)OC. The van der Waals surface area contributed by atoms with Crippen LogP contribution >= 0.6 is 0 Å². The maximum atomic E-state index is 12.5. The number of carbonyl (C=O) groups excluding carboxylic acids is 2. The molecule has 0 radical (unpaired) electrons. The molecule has 0 saturated heterocycles. The molecule has 4 saturated carbocycles. The topological polar surface area (TPSA) is 67.4 Å². The summed E-state index contributed by atoms with van der Waals surface area (Å²) in [5.74, 6) is 2.75. The maximum Gasteiger partial charge on any atom is 0.328 e. The van der Waals surface area contributed by atoms with Crippen LogP contribution in [0.2, 0.25) is 0 Å². The van der Waals surface area contributed by atoms with E-state index in [9.17, 15) is 9.59 Å². The van der Waals surface area contributed by atoms with Crippen LogP contribution in [0.1, 0.15) is 52.4 Å². The summed E-state index contributed by atoms with van der Waals surface area (Å²) >= 11 is 0. The molecule has 4 aliphatic carbocycles. The third kappa shape index (κ3) is 3.33. The Balaban J connectivity index is 1.59. The number of carbonyl (C=O) groups is 2. The monoisotopic (exact) mass is 322 g/mol. The molecular weight excluding hydrogens is 292 g/mol. The average Bonchev–Trinajstić information content (AvgIpc) is 2.54. The molecule has 5 heteroatoms.